The molecule has 0 amide bonds. The van der Waals surface area contributed by atoms with Crippen LogP contribution in [0.15, 0.2) is 0 Å². The number of aliphatic hydroxyl groups excluding tert-OH is 2. The van der Waals surface area contributed by atoms with Gasteiger partial charge in [-0.25, -0.2) is 0 Å². The van der Waals surface area contributed by atoms with E-state index < -0.39 is 5.97 Å². The molecule has 0 unspecified atom stereocenters. The van der Waals surface area contributed by atoms with E-state index in [0.29, 0.717) is 13.1 Å². The highest BCUT2D eigenvalue weighted by Crippen LogP contribution is 2.55. The molecule has 0 bridgehead atoms. The number of aliphatic carboxylic acids is 1. The summed E-state index contributed by atoms with van der Waals surface area (Å²) in [4.78, 5) is 12.6. The summed E-state index contributed by atoms with van der Waals surface area (Å²) in [5, 5.41) is 28.3. The van der Waals surface area contributed by atoms with E-state index in [9.17, 15) is 15.0 Å². The maximum absolute atomic E-state index is 10.8. The minimum absolute atomic E-state index is 0.00347. The van der Waals surface area contributed by atoms with E-state index in [4.69, 9.17) is 5.11 Å². The zero-order valence-electron chi connectivity index (χ0n) is 10.1. The van der Waals surface area contributed by atoms with Crippen molar-refractivity contribution in [1.29, 1.82) is 0 Å². The van der Waals surface area contributed by atoms with Crippen molar-refractivity contribution >= 4 is 5.97 Å². The molecule has 2 rings (SSSR count). The summed E-state index contributed by atoms with van der Waals surface area (Å²) in [6.45, 7) is 1.28. The molecule has 0 aromatic heterocycles. The van der Waals surface area contributed by atoms with Crippen LogP contribution in [0.4, 0.5) is 0 Å². The molecule has 0 radical (unpaired) electrons. The highest BCUT2D eigenvalue weighted by molar-refractivity contribution is 5.69. The van der Waals surface area contributed by atoms with Crippen LogP contribution in [0.1, 0.15) is 25.7 Å². The highest BCUT2D eigenvalue weighted by atomic mass is 16.4. The molecule has 1 aliphatic heterocycles. The lowest BCUT2D eigenvalue weighted by atomic mass is 9.58. The van der Waals surface area contributed by atoms with Gasteiger partial charge in [0.05, 0.1) is 19.8 Å². The monoisotopic (exact) mass is 243 g/mol. The molecule has 98 valence electrons. The van der Waals surface area contributed by atoms with Crippen molar-refractivity contribution in [3.63, 3.8) is 0 Å². The number of hydrogen-bond donors (Lipinski definition) is 3. The topological polar surface area (TPSA) is 81.0 Å². The highest BCUT2D eigenvalue weighted by Gasteiger charge is 2.57. The Morgan fingerprint density at radius 2 is 1.53 bits per heavy atom. The minimum Gasteiger partial charge on any atom is -0.480 e. The van der Waals surface area contributed by atoms with Crippen molar-refractivity contribution in [2.45, 2.75) is 25.7 Å². The van der Waals surface area contributed by atoms with Crippen molar-refractivity contribution in [2.75, 3.05) is 32.8 Å². The predicted molar refractivity (Wildman–Crippen MR) is 61.6 cm³/mol. The molecular formula is C12H21NO4. The van der Waals surface area contributed by atoms with Gasteiger partial charge in [0, 0.05) is 23.9 Å². The Labute approximate surface area is 101 Å². The van der Waals surface area contributed by atoms with Gasteiger partial charge >= 0.3 is 5.97 Å². The lowest BCUT2D eigenvalue weighted by Crippen LogP contribution is -2.48. The second kappa shape index (κ2) is 4.55. The van der Waals surface area contributed by atoms with Crippen LogP contribution in [-0.2, 0) is 4.79 Å². The van der Waals surface area contributed by atoms with Gasteiger partial charge in [-0.05, 0) is 12.8 Å². The standard InChI is InChI=1S/C12H21NO4/c14-8-11-3-1-2-4-12(11,9-15)7-13(6-11)5-10(16)17/h14-15H,1-9H2,(H,16,17)/t11-,12+. The quantitative estimate of drug-likeness (QED) is 0.643. The first-order valence-electron chi connectivity index (χ1n) is 6.23. The van der Waals surface area contributed by atoms with Crippen LogP contribution in [-0.4, -0.2) is 59.0 Å². The molecule has 0 aromatic carbocycles. The molecule has 0 aromatic rings. The molecule has 0 spiro atoms. The van der Waals surface area contributed by atoms with Crippen molar-refractivity contribution in [1.82, 2.24) is 4.90 Å². The maximum Gasteiger partial charge on any atom is 0.317 e. The molecule has 3 N–H and O–H groups in total. The van der Waals surface area contributed by atoms with E-state index in [1.54, 1.807) is 0 Å². The number of carboxylic acids is 1. The Bertz CT molecular complexity index is 287. The zero-order chi connectivity index (χ0) is 12.5. The average Bonchev–Trinajstić information content (AvgIpc) is 2.62. The van der Waals surface area contributed by atoms with Crippen LogP contribution in [0, 0.1) is 10.8 Å². The summed E-state index contributed by atoms with van der Waals surface area (Å²) in [7, 11) is 0. The molecule has 1 saturated carbocycles. The molecule has 2 fully saturated rings. The molecule has 5 nitrogen and oxygen atoms in total. The Hall–Kier alpha value is -0.650. The number of fused-ring (bicyclic) bond motifs is 1. The molecule has 5 heteroatoms. The van der Waals surface area contributed by atoms with Gasteiger partial charge in [-0.15, -0.1) is 0 Å². The first-order valence-corrected chi connectivity index (χ1v) is 6.23. The fourth-order valence-electron chi connectivity index (χ4n) is 3.76. The van der Waals surface area contributed by atoms with E-state index >= 15 is 0 Å². The second-order valence-corrected chi connectivity index (χ2v) is 5.62. The molecule has 17 heavy (non-hydrogen) atoms. The van der Waals surface area contributed by atoms with Crippen LogP contribution in [0.3, 0.4) is 0 Å². The van der Waals surface area contributed by atoms with Crippen LogP contribution in [0.25, 0.3) is 0 Å². The van der Waals surface area contributed by atoms with Gasteiger partial charge in [-0.2, -0.15) is 0 Å². The van der Waals surface area contributed by atoms with Gasteiger partial charge < -0.3 is 15.3 Å². The molecule has 1 heterocycles. The third-order valence-electron chi connectivity index (χ3n) is 4.70. The number of rotatable bonds is 4. The second-order valence-electron chi connectivity index (χ2n) is 5.62. The number of aliphatic hydroxyl groups is 2. The Kier molecular flexibility index (Phi) is 3.43. The molecule has 2 aliphatic rings. The van der Waals surface area contributed by atoms with Gasteiger partial charge in [0.1, 0.15) is 0 Å². The van der Waals surface area contributed by atoms with Gasteiger partial charge in [-0.3, -0.25) is 9.69 Å². The molecule has 2 atom stereocenters. The smallest absolute Gasteiger partial charge is 0.317 e. The van der Waals surface area contributed by atoms with Crippen LogP contribution in [0.2, 0.25) is 0 Å². The van der Waals surface area contributed by atoms with E-state index in [-0.39, 0.29) is 30.6 Å². The van der Waals surface area contributed by atoms with Crippen LogP contribution >= 0.6 is 0 Å². The Balaban J connectivity index is 2.21. The molecule has 1 aliphatic carbocycles. The first kappa shape index (κ1) is 12.8. The van der Waals surface area contributed by atoms with E-state index in [2.05, 4.69) is 0 Å². The average molecular weight is 243 g/mol. The zero-order valence-corrected chi connectivity index (χ0v) is 10.1. The molecular weight excluding hydrogens is 222 g/mol. The SMILES string of the molecule is O=C(O)CN1C[C@]2(CO)CCCC[C@]2(CO)C1. The van der Waals surface area contributed by atoms with Crippen molar-refractivity contribution < 1.29 is 20.1 Å². The van der Waals surface area contributed by atoms with Crippen molar-refractivity contribution in [3.8, 4) is 0 Å². The van der Waals surface area contributed by atoms with E-state index in [1.807, 2.05) is 4.90 Å². The fourth-order valence-corrected chi connectivity index (χ4v) is 3.76. The van der Waals surface area contributed by atoms with Crippen LogP contribution < -0.4 is 0 Å². The van der Waals surface area contributed by atoms with Gasteiger partial charge in [0.2, 0.25) is 0 Å². The number of hydrogen-bond acceptors (Lipinski definition) is 4. The summed E-state index contributed by atoms with van der Waals surface area (Å²) in [5.74, 6) is -0.843. The number of carboxylic acid groups (broad SMARTS) is 1. The van der Waals surface area contributed by atoms with Crippen molar-refractivity contribution in [2.24, 2.45) is 10.8 Å². The number of nitrogens with zero attached hydrogens (tertiary/aromatic N) is 1. The van der Waals surface area contributed by atoms with Gasteiger partial charge in [0.15, 0.2) is 0 Å². The minimum atomic E-state index is -0.843. The van der Waals surface area contributed by atoms with Gasteiger partial charge in [-0.1, -0.05) is 12.8 Å². The lowest BCUT2D eigenvalue weighted by molar-refractivity contribution is -0.138. The Morgan fingerprint density at radius 3 is 1.88 bits per heavy atom. The summed E-state index contributed by atoms with van der Waals surface area (Å²) in [5.41, 5.74) is -0.592. The summed E-state index contributed by atoms with van der Waals surface area (Å²) in [6, 6.07) is 0. The summed E-state index contributed by atoms with van der Waals surface area (Å²) >= 11 is 0. The first-order chi connectivity index (χ1) is 8.07. The normalized spacial score (nSPS) is 38.0. The predicted octanol–water partition coefficient (Wildman–Crippen LogP) is -0.0820. The Morgan fingerprint density at radius 1 is 1.06 bits per heavy atom. The lowest BCUT2D eigenvalue weighted by Gasteiger charge is -2.46. The fraction of sp³-hybridized carbons (Fsp3) is 0.917. The van der Waals surface area contributed by atoms with Crippen molar-refractivity contribution in [3.05, 3.63) is 0 Å². The summed E-state index contributed by atoms with van der Waals surface area (Å²) in [6.07, 6.45) is 3.90. The largest absolute Gasteiger partial charge is 0.480 e. The van der Waals surface area contributed by atoms with Crippen LogP contribution in [0.5, 0.6) is 0 Å². The third-order valence-corrected chi connectivity index (χ3v) is 4.70. The van der Waals surface area contributed by atoms with E-state index in [1.165, 1.54) is 0 Å². The maximum atomic E-state index is 10.8. The number of likely N-dealkylation sites (tertiary alicyclic amines) is 1. The third kappa shape index (κ3) is 1.96. The number of carbonyl (C=O) groups is 1. The van der Waals surface area contributed by atoms with E-state index in [0.717, 1.165) is 25.7 Å². The van der Waals surface area contributed by atoms with Gasteiger partial charge in [0.25, 0.3) is 0 Å². The molecule has 1 saturated heterocycles. The summed E-state index contributed by atoms with van der Waals surface area (Å²) < 4.78 is 0.